The molecule has 0 bridgehead atoms. The quantitative estimate of drug-likeness (QED) is 0.438. The van der Waals surface area contributed by atoms with E-state index >= 15 is 0 Å². The molecule has 1 aliphatic heterocycles. The van der Waals surface area contributed by atoms with Crippen LogP contribution in [0, 0.1) is 0 Å². The molecule has 0 spiro atoms. The minimum Gasteiger partial charge on any atom is -0.337 e. The van der Waals surface area contributed by atoms with Crippen molar-refractivity contribution in [2.75, 3.05) is 5.75 Å². The van der Waals surface area contributed by atoms with Gasteiger partial charge in [0, 0.05) is 12.0 Å². The van der Waals surface area contributed by atoms with Crippen LogP contribution in [0.25, 0.3) is 0 Å². The van der Waals surface area contributed by atoms with E-state index in [1.165, 1.54) is 16.7 Å². The average molecular weight is 88.2 g/mol. The molecule has 28 valence electrons. The van der Waals surface area contributed by atoms with Crippen LogP contribution in [0.15, 0.2) is 12.3 Å². The van der Waals surface area contributed by atoms with Gasteiger partial charge in [0.15, 0.2) is 1.41 Å². The Morgan fingerprint density at radius 3 is 3.40 bits per heavy atom. The van der Waals surface area contributed by atoms with Crippen LogP contribution in [-0.4, -0.2) is 5.75 Å². The van der Waals surface area contributed by atoms with Gasteiger partial charge < -0.3 is 4.72 Å². The topological polar surface area (TPSA) is 12.0 Å². The lowest BCUT2D eigenvalue weighted by atomic mass is 10.7. The molecule has 1 rings (SSSR count). The molecule has 0 aromatic heterocycles. The smallest absolute Gasteiger partial charge is 0.174 e. The van der Waals surface area contributed by atoms with Gasteiger partial charge in [0.2, 0.25) is 0 Å². The van der Waals surface area contributed by atoms with E-state index in [0.29, 0.717) is 0 Å². The summed E-state index contributed by atoms with van der Waals surface area (Å²) in [5.74, 6) is 0.962. The molecular weight excluding hydrogens is 82.1 g/mol. The maximum atomic E-state index is 6.84. The maximum absolute atomic E-state index is 6.84. The highest BCUT2D eigenvalue weighted by molar-refractivity contribution is 7.97. The highest BCUT2D eigenvalue weighted by atomic mass is 32.2. The van der Waals surface area contributed by atoms with Crippen molar-refractivity contribution in [3.05, 3.63) is 12.3 Å². The summed E-state index contributed by atoms with van der Waals surface area (Å²) in [5.41, 5.74) is 0. The van der Waals surface area contributed by atoms with Crippen molar-refractivity contribution in [2.45, 2.75) is 0 Å². The van der Waals surface area contributed by atoms with Gasteiger partial charge in [0.25, 0.3) is 0 Å². The number of hydrogen-bond acceptors (Lipinski definition) is 2. The van der Waals surface area contributed by atoms with Gasteiger partial charge in [-0.25, -0.2) is 0 Å². The first-order valence-corrected chi connectivity index (χ1v) is 2.41. The van der Waals surface area contributed by atoms with Crippen LogP contribution < -0.4 is 4.72 Å². The molecule has 2 heteroatoms. The Hall–Kier alpha value is -0.110. The fourth-order valence-electron chi connectivity index (χ4n) is 0.215. The fraction of sp³-hybridized carbons (Fsp3) is 0.333. The molecule has 1 aliphatic rings. The first-order valence-electron chi connectivity index (χ1n) is 1.92. The summed E-state index contributed by atoms with van der Waals surface area (Å²) >= 11 is 1.49. The molecule has 1 heterocycles. The second kappa shape index (κ2) is 1.36. The summed E-state index contributed by atoms with van der Waals surface area (Å²) in [4.78, 5) is 0. The van der Waals surface area contributed by atoms with Crippen LogP contribution in [0.4, 0.5) is 0 Å². The summed E-state index contributed by atoms with van der Waals surface area (Å²) < 4.78 is 8.19. The zero-order chi connectivity index (χ0) is 4.41. The minimum atomic E-state index is 0.962. The number of nitrogens with one attached hydrogen (secondary N) is 1. The van der Waals surface area contributed by atoms with Crippen molar-refractivity contribution < 1.29 is 1.41 Å². The molecule has 1 N–H and O–H groups in total. The number of rotatable bonds is 0. The highest BCUT2D eigenvalue weighted by Gasteiger charge is 1.82. The Morgan fingerprint density at radius 1 is 2.20 bits per heavy atom. The molecular formula is C3H5NS. The van der Waals surface area contributed by atoms with Gasteiger partial charge >= 0.3 is 0 Å². The van der Waals surface area contributed by atoms with E-state index in [0.717, 1.165) is 5.75 Å². The first-order chi connectivity index (χ1) is 2.89. The van der Waals surface area contributed by atoms with E-state index in [4.69, 9.17) is 1.41 Å². The summed E-state index contributed by atoms with van der Waals surface area (Å²) in [6, 6.07) is 0. The van der Waals surface area contributed by atoms with E-state index in [-0.39, 0.29) is 0 Å². The van der Waals surface area contributed by atoms with Crippen LogP contribution in [0.5, 0.6) is 0 Å². The van der Waals surface area contributed by atoms with Crippen LogP contribution in [0.2, 0.25) is 1.41 Å². The molecule has 0 unspecified atom stereocenters. The predicted molar refractivity (Wildman–Crippen MR) is 24.7 cm³/mol. The van der Waals surface area contributed by atoms with Gasteiger partial charge in [-0.3, -0.25) is 0 Å². The maximum Gasteiger partial charge on any atom is 0.174 e. The lowest BCUT2D eigenvalue weighted by Gasteiger charge is -1.77. The second-order valence-electron chi connectivity index (χ2n) is 0.786. The zero-order valence-corrected chi connectivity index (χ0v) is 3.53. The molecule has 0 saturated carbocycles. The zero-order valence-electron chi connectivity index (χ0n) is 3.72. The molecule has 0 aromatic rings. The van der Waals surface area contributed by atoms with Gasteiger partial charge in [0.1, 0.15) is 0 Å². The predicted octanol–water partition coefficient (Wildman–Crippen LogP) is 0.751. The number of hydrogen-bond donors (Lipinski definition) is 1. The summed E-state index contributed by atoms with van der Waals surface area (Å²) in [7, 11) is 0. The Labute approximate surface area is 37.0 Å². The Bertz CT molecular complexity index is 73.2. The van der Waals surface area contributed by atoms with Crippen molar-refractivity contribution in [2.24, 2.45) is 0 Å². The third-order valence-corrected chi connectivity index (χ3v) is 1.02. The van der Waals surface area contributed by atoms with E-state index in [1.807, 2.05) is 6.08 Å². The van der Waals surface area contributed by atoms with Crippen LogP contribution >= 0.6 is 11.9 Å². The summed E-state index contributed by atoms with van der Waals surface area (Å²) in [6.45, 7) is 0. The molecule has 0 atom stereocenters. The molecule has 0 fully saturated rings. The Morgan fingerprint density at radius 2 is 3.20 bits per heavy atom. The van der Waals surface area contributed by atoms with Gasteiger partial charge in [-0.05, 0) is 11.9 Å². The monoisotopic (exact) mass is 88.0 g/mol. The third kappa shape index (κ3) is 0.581. The lowest BCUT2D eigenvalue weighted by molar-refractivity contribution is 1.46. The summed E-state index contributed by atoms with van der Waals surface area (Å²) in [5, 5.41) is 0. The van der Waals surface area contributed by atoms with Crippen molar-refractivity contribution in [1.82, 2.24) is 4.72 Å². The fourth-order valence-corrected chi connectivity index (χ4v) is 0.645. The standard InChI is InChI=1S/C3H5NS/c1-2-4-5-3-1/h1-2,4H,3H2/i/hD. The van der Waals surface area contributed by atoms with Crippen molar-refractivity contribution >= 4 is 11.9 Å². The van der Waals surface area contributed by atoms with Crippen LogP contribution in [0.1, 0.15) is 0 Å². The van der Waals surface area contributed by atoms with Crippen LogP contribution in [-0.2, 0) is 0 Å². The normalized spacial score (nSPS) is 24.0. The molecule has 0 saturated heterocycles. The van der Waals surface area contributed by atoms with E-state index in [9.17, 15) is 0 Å². The Balaban J connectivity index is 2.38. The molecule has 0 amide bonds. The van der Waals surface area contributed by atoms with Gasteiger partial charge in [-0.1, -0.05) is 6.08 Å². The minimum absolute atomic E-state index is 0.962. The Kier molecular flexibility index (Phi) is 0.580. The summed E-state index contributed by atoms with van der Waals surface area (Å²) in [6.07, 6.45) is 3.70. The van der Waals surface area contributed by atoms with Gasteiger partial charge in [-0.15, -0.1) is 0 Å². The van der Waals surface area contributed by atoms with Crippen LogP contribution in [0.3, 0.4) is 0 Å². The van der Waals surface area contributed by atoms with E-state index < -0.39 is 0 Å². The molecule has 5 heavy (non-hydrogen) atoms. The average Bonchev–Trinajstić information content (AvgIpc) is 1.86. The van der Waals surface area contributed by atoms with E-state index in [2.05, 4.69) is 0 Å². The van der Waals surface area contributed by atoms with Gasteiger partial charge in [-0.2, -0.15) is 0 Å². The van der Waals surface area contributed by atoms with Gasteiger partial charge in [0.05, 0.1) is 0 Å². The van der Waals surface area contributed by atoms with E-state index in [1.54, 1.807) is 6.20 Å². The molecule has 0 aromatic carbocycles. The van der Waals surface area contributed by atoms with Crippen molar-refractivity contribution in [3.8, 4) is 0 Å². The molecule has 0 radical (unpaired) electrons. The second-order valence-corrected chi connectivity index (χ2v) is 1.59. The molecule has 1 nitrogen and oxygen atoms in total. The van der Waals surface area contributed by atoms with Crippen molar-refractivity contribution in [3.63, 3.8) is 0 Å². The lowest BCUT2D eigenvalue weighted by Crippen LogP contribution is -1.78. The SMILES string of the molecule is [2H]N1C=CCS1. The first kappa shape index (κ1) is 2.13. The van der Waals surface area contributed by atoms with Crippen molar-refractivity contribution in [1.29, 1.82) is 0 Å². The third-order valence-electron chi connectivity index (χ3n) is 0.412. The molecule has 0 aliphatic carbocycles. The largest absolute Gasteiger partial charge is 0.337 e. The highest BCUT2D eigenvalue weighted by Crippen LogP contribution is 1.98.